The van der Waals surface area contributed by atoms with Crippen molar-refractivity contribution in [3.63, 3.8) is 0 Å². The van der Waals surface area contributed by atoms with Crippen LogP contribution in [0.3, 0.4) is 0 Å². The number of hydrogen-bond donors (Lipinski definition) is 3. The second-order valence-electron chi connectivity index (χ2n) is 7.35. The SMILES string of the molecule is COc1cc(/C=N/NC(=O)c2ccccc2N)ccc1OCC(=O)Nc1ccc(C)cc1C. The van der Waals surface area contributed by atoms with Crippen LogP contribution in [0.1, 0.15) is 27.0 Å². The molecule has 0 radical (unpaired) electrons. The molecule has 0 aliphatic rings. The average molecular weight is 447 g/mol. The van der Waals surface area contributed by atoms with Crippen LogP contribution in [0.2, 0.25) is 0 Å². The van der Waals surface area contributed by atoms with Gasteiger partial charge in [0.15, 0.2) is 18.1 Å². The summed E-state index contributed by atoms with van der Waals surface area (Å²) < 4.78 is 11.0. The van der Waals surface area contributed by atoms with Crippen molar-refractivity contribution >= 4 is 29.4 Å². The second-order valence-corrected chi connectivity index (χ2v) is 7.35. The monoisotopic (exact) mass is 446 g/mol. The lowest BCUT2D eigenvalue weighted by Crippen LogP contribution is -2.21. The van der Waals surface area contributed by atoms with Gasteiger partial charge in [0, 0.05) is 11.4 Å². The quantitative estimate of drug-likeness (QED) is 0.277. The van der Waals surface area contributed by atoms with Gasteiger partial charge in [0.25, 0.3) is 11.8 Å². The molecule has 8 heteroatoms. The minimum absolute atomic E-state index is 0.175. The minimum atomic E-state index is -0.411. The lowest BCUT2D eigenvalue weighted by molar-refractivity contribution is -0.118. The number of anilines is 2. The van der Waals surface area contributed by atoms with Gasteiger partial charge in [0.05, 0.1) is 18.9 Å². The Bertz CT molecular complexity index is 1190. The zero-order chi connectivity index (χ0) is 23.8. The molecular formula is C25H26N4O4. The highest BCUT2D eigenvalue weighted by molar-refractivity contribution is 5.99. The number of aryl methyl sites for hydroxylation is 2. The Kier molecular flexibility index (Phi) is 7.64. The molecule has 0 aromatic heterocycles. The molecule has 3 aromatic carbocycles. The van der Waals surface area contributed by atoms with Gasteiger partial charge in [-0.15, -0.1) is 0 Å². The summed E-state index contributed by atoms with van der Waals surface area (Å²) in [5.74, 6) is 0.145. The average Bonchev–Trinajstić information content (AvgIpc) is 2.80. The molecule has 33 heavy (non-hydrogen) atoms. The molecule has 3 rings (SSSR count). The fourth-order valence-corrected chi connectivity index (χ4v) is 3.10. The third-order valence-corrected chi connectivity index (χ3v) is 4.79. The molecule has 0 heterocycles. The van der Waals surface area contributed by atoms with E-state index in [0.717, 1.165) is 16.8 Å². The maximum Gasteiger partial charge on any atom is 0.273 e. The van der Waals surface area contributed by atoms with Crippen molar-refractivity contribution in [2.45, 2.75) is 13.8 Å². The predicted molar refractivity (Wildman–Crippen MR) is 129 cm³/mol. The minimum Gasteiger partial charge on any atom is -0.493 e. The largest absolute Gasteiger partial charge is 0.493 e. The molecule has 0 unspecified atom stereocenters. The Labute approximate surface area is 192 Å². The van der Waals surface area contributed by atoms with E-state index in [-0.39, 0.29) is 12.5 Å². The van der Waals surface area contributed by atoms with Gasteiger partial charge in [-0.05, 0) is 61.4 Å². The molecule has 8 nitrogen and oxygen atoms in total. The van der Waals surface area contributed by atoms with E-state index in [1.165, 1.54) is 13.3 Å². The first-order valence-electron chi connectivity index (χ1n) is 10.2. The molecule has 0 aliphatic heterocycles. The van der Waals surface area contributed by atoms with Crippen LogP contribution in [0, 0.1) is 13.8 Å². The van der Waals surface area contributed by atoms with E-state index in [1.54, 1.807) is 42.5 Å². The number of hydrogen-bond acceptors (Lipinski definition) is 6. The van der Waals surface area contributed by atoms with E-state index in [1.807, 2.05) is 32.0 Å². The summed E-state index contributed by atoms with van der Waals surface area (Å²) in [5.41, 5.74) is 12.5. The number of benzene rings is 3. The maximum atomic E-state index is 12.3. The van der Waals surface area contributed by atoms with Crippen LogP contribution in [0.25, 0.3) is 0 Å². The van der Waals surface area contributed by atoms with Gasteiger partial charge in [0.2, 0.25) is 0 Å². The molecule has 2 amide bonds. The highest BCUT2D eigenvalue weighted by Crippen LogP contribution is 2.27. The number of amides is 2. The van der Waals surface area contributed by atoms with Crippen molar-refractivity contribution in [2.75, 3.05) is 24.8 Å². The smallest absolute Gasteiger partial charge is 0.273 e. The molecule has 3 aromatic rings. The van der Waals surface area contributed by atoms with Crippen molar-refractivity contribution in [1.29, 1.82) is 0 Å². The molecule has 0 aliphatic carbocycles. The molecule has 0 atom stereocenters. The third kappa shape index (κ3) is 6.33. The molecule has 170 valence electrons. The molecular weight excluding hydrogens is 420 g/mol. The van der Waals surface area contributed by atoms with Crippen molar-refractivity contribution in [1.82, 2.24) is 5.43 Å². The van der Waals surface area contributed by atoms with E-state index in [9.17, 15) is 9.59 Å². The first kappa shape index (κ1) is 23.3. The topological polar surface area (TPSA) is 115 Å². The summed E-state index contributed by atoms with van der Waals surface area (Å²) >= 11 is 0. The van der Waals surface area contributed by atoms with Gasteiger partial charge in [-0.1, -0.05) is 29.8 Å². The van der Waals surface area contributed by atoms with Crippen LogP contribution in [0.5, 0.6) is 11.5 Å². The molecule has 0 bridgehead atoms. The first-order chi connectivity index (χ1) is 15.9. The number of carbonyl (C=O) groups excluding carboxylic acids is 2. The second kappa shape index (κ2) is 10.8. The van der Waals surface area contributed by atoms with E-state index in [0.29, 0.717) is 28.3 Å². The number of ether oxygens (including phenoxy) is 2. The Morgan fingerprint density at radius 2 is 1.82 bits per heavy atom. The van der Waals surface area contributed by atoms with Crippen LogP contribution in [0.15, 0.2) is 65.8 Å². The summed E-state index contributed by atoms with van der Waals surface area (Å²) in [5, 5.41) is 6.80. The molecule has 0 fully saturated rings. The zero-order valence-corrected chi connectivity index (χ0v) is 18.7. The van der Waals surface area contributed by atoms with Gasteiger partial charge in [-0.3, -0.25) is 9.59 Å². The fourth-order valence-electron chi connectivity index (χ4n) is 3.10. The Morgan fingerprint density at radius 3 is 2.55 bits per heavy atom. The first-order valence-corrected chi connectivity index (χ1v) is 10.2. The highest BCUT2D eigenvalue weighted by atomic mass is 16.5. The Balaban J connectivity index is 1.58. The van der Waals surface area contributed by atoms with Crippen LogP contribution in [-0.2, 0) is 4.79 Å². The molecule has 0 spiro atoms. The summed E-state index contributed by atoms with van der Waals surface area (Å²) in [4.78, 5) is 24.5. The molecule has 4 N–H and O–H groups in total. The van der Waals surface area contributed by atoms with Crippen molar-refractivity contribution < 1.29 is 19.1 Å². The molecule has 0 saturated carbocycles. The summed E-state index contributed by atoms with van der Waals surface area (Å²) in [6.07, 6.45) is 1.47. The van der Waals surface area contributed by atoms with Crippen molar-refractivity contribution in [3.05, 3.63) is 82.9 Å². The number of hydrazone groups is 1. The number of carbonyl (C=O) groups is 2. The highest BCUT2D eigenvalue weighted by Gasteiger charge is 2.10. The van der Waals surface area contributed by atoms with Crippen molar-refractivity contribution in [2.24, 2.45) is 5.10 Å². The maximum absolute atomic E-state index is 12.3. The number of nitrogens with zero attached hydrogens (tertiary/aromatic N) is 1. The summed E-state index contributed by atoms with van der Waals surface area (Å²) in [7, 11) is 1.50. The number of rotatable bonds is 8. The van der Waals surface area contributed by atoms with Crippen LogP contribution in [0.4, 0.5) is 11.4 Å². The lowest BCUT2D eigenvalue weighted by Gasteiger charge is -2.12. The normalized spacial score (nSPS) is 10.6. The van der Waals surface area contributed by atoms with E-state index in [2.05, 4.69) is 15.8 Å². The fraction of sp³-hybridized carbons (Fsp3) is 0.160. The number of nitrogen functional groups attached to an aromatic ring is 1. The molecule has 0 saturated heterocycles. The third-order valence-electron chi connectivity index (χ3n) is 4.79. The van der Waals surface area contributed by atoms with Crippen LogP contribution >= 0.6 is 0 Å². The van der Waals surface area contributed by atoms with Crippen LogP contribution in [-0.4, -0.2) is 31.7 Å². The van der Waals surface area contributed by atoms with Crippen molar-refractivity contribution in [3.8, 4) is 11.5 Å². The van der Waals surface area contributed by atoms with Gasteiger partial charge in [-0.2, -0.15) is 5.10 Å². The van der Waals surface area contributed by atoms with Gasteiger partial charge in [0.1, 0.15) is 0 Å². The van der Waals surface area contributed by atoms with Gasteiger partial charge >= 0.3 is 0 Å². The Hall–Kier alpha value is -4.33. The lowest BCUT2D eigenvalue weighted by atomic mass is 10.1. The summed E-state index contributed by atoms with van der Waals surface area (Å²) in [6.45, 7) is 3.76. The predicted octanol–water partition coefficient (Wildman–Crippen LogP) is 3.68. The van der Waals surface area contributed by atoms with Gasteiger partial charge in [-0.25, -0.2) is 5.43 Å². The van der Waals surface area contributed by atoms with Crippen LogP contribution < -0.4 is 25.9 Å². The van der Waals surface area contributed by atoms with E-state index >= 15 is 0 Å². The van der Waals surface area contributed by atoms with E-state index < -0.39 is 5.91 Å². The summed E-state index contributed by atoms with van der Waals surface area (Å²) in [6, 6.07) is 17.6. The number of para-hydroxylation sites is 1. The number of methoxy groups -OCH3 is 1. The Morgan fingerprint density at radius 1 is 1.03 bits per heavy atom. The zero-order valence-electron chi connectivity index (χ0n) is 18.7. The standard InChI is InChI=1S/C25H26N4O4/c1-16-8-10-21(17(2)12-16)28-24(30)15-33-22-11-9-18(13-23(22)32-3)14-27-29-25(31)19-6-4-5-7-20(19)26/h4-14H,15,26H2,1-3H3,(H,28,30)(H,29,31)/b27-14+. The number of nitrogens with two attached hydrogens (primary N) is 1. The van der Waals surface area contributed by atoms with E-state index in [4.69, 9.17) is 15.2 Å². The van der Waals surface area contributed by atoms with Gasteiger partial charge < -0.3 is 20.5 Å². The number of nitrogens with one attached hydrogen (secondary N) is 2.